The number of likely N-dealkylation sites (tertiary alicyclic amines) is 1. The van der Waals surface area contributed by atoms with Crippen LogP contribution in [0.1, 0.15) is 67.8 Å². The smallest absolute Gasteiger partial charge is 0.225 e. The zero-order valence-corrected chi connectivity index (χ0v) is 20.2. The van der Waals surface area contributed by atoms with Crippen LogP contribution in [-0.4, -0.2) is 41.9 Å². The van der Waals surface area contributed by atoms with Gasteiger partial charge in [0, 0.05) is 36.1 Å². The van der Waals surface area contributed by atoms with Crippen molar-refractivity contribution in [2.24, 2.45) is 5.92 Å². The molecule has 2 heterocycles. The van der Waals surface area contributed by atoms with Crippen LogP contribution in [-0.2, 0) is 16.0 Å². The van der Waals surface area contributed by atoms with Crippen LogP contribution in [0.25, 0.3) is 0 Å². The summed E-state index contributed by atoms with van der Waals surface area (Å²) in [4.78, 5) is 32.5. The maximum Gasteiger partial charge on any atom is 0.225 e. The number of nitrogens with zero attached hydrogens (tertiary/aromatic N) is 2. The van der Waals surface area contributed by atoms with E-state index < -0.39 is 0 Å². The predicted molar refractivity (Wildman–Crippen MR) is 128 cm³/mol. The van der Waals surface area contributed by atoms with Gasteiger partial charge in [-0.15, -0.1) is 11.3 Å². The topological polar surface area (TPSA) is 71.5 Å². The molecular weight excluding hydrogens is 422 g/mol. The average Bonchev–Trinajstić information content (AvgIpc) is 3.22. The quantitative estimate of drug-likeness (QED) is 0.498. The first-order chi connectivity index (χ1) is 15.5. The molecule has 1 aliphatic heterocycles. The predicted octanol–water partition coefficient (Wildman–Crippen LogP) is 4.68. The second-order valence-electron chi connectivity index (χ2n) is 8.40. The molecule has 1 aliphatic rings. The minimum absolute atomic E-state index is 0.0278. The molecule has 1 N–H and O–H groups in total. The molecule has 6 nitrogen and oxygen atoms in total. The first kappa shape index (κ1) is 24.2. The molecule has 3 rings (SSSR count). The van der Waals surface area contributed by atoms with E-state index in [4.69, 9.17) is 4.74 Å². The lowest BCUT2D eigenvalue weighted by Gasteiger charge is -2.41. The van der Waals surface area contributed by atoms with Crippen molar-refractivity contribution < 1.29 is 14.3 Å². The minimum Gasteiger partial charge on any atom is -0.496 e. The van der Waals surface area contributed by atoms with Crippen molar-refractivity contribution in [1.82, 2.24) is 15.2 Å². The normalized spacial score (nSPS) is 18.6. The number of methoxy groups -OCH3 is 1. The largest absolute Gasteiger partial charge is 0.496 e. The molecule has 1 fully saturated rings. The van der Waals surface area contributed by atoms with Crippen LogP contribution in [0.15, 0.2) is 29.6 Å². The average molecular weight is 458 g/mol. The van der Waals surface area contributed by atoms with Crippen LogP contribution in [0.4, 0.5) is 0 Å². The van der Waals surface area contributed by atoms with Gasteiger partial charge < -0.3 is 15.0 Å². The van der Waals surface area contributed by atoms with Gasteiger partial charge in [-0.3, -0.25) is 9.59 Å². The number of carbonyl (C=O) groups excluding carboxylic acids is 2. The van der Waals surface area contributed by atoms with Crippen LogP contribution in [0.3, 0.4) is 0 Å². The van der Waals surface area contributed by atoms with Crippen molar-refractivity contribution >= 4 is 23.2 Å². The summed E-state index contributed by atoms with van der Waals surface area (Å²) in [5.41, 5.74) is 1.98. The third-order valence-electron chi connectivity index (χ3n) is 6.04. The highest BCUT2D eigenvalue weighted by Gasteiger charge is 2.41. The Morgan fingerprint density at radius 3 is 2.81 bits per heavy atom. The van der Waals surface area contributed by atoms with E-state index in [0.29, 0.717) is 25.9 Å². The fraction of sp³-hybridized carbons (Fsp3) is 0.560. The van der Waals surface area contributed by atoms with Gasteiger partial charge in [-0.2, -0.15) is 0 Å². The van der Waals surface area contributed by atoms with E-state index in [1.165, 1.54) is 0 Å². The Morgan fingerprint density at radius 2 is 2.09 bits per heavy atom. The van der Waals surface area contributed by atoms with Gasteiger partial charge in [-0.25, -0.2) is 4.98 Å². The lowest BCUT2D eigenvalue weighted by molar-refractivity contribution is -0.143. The number of aromatic nitrogens is 1. The van der Waals surface area contributed by atoms with E-state index >= 15 is 0 Å². The van der Waals surface area contributed by atoms with E-state index in [0.717, 1.165) is 54.1 Å². The van der Waals surface area contributed by atoms with Crippen LogP contribution in [0, 0.1) is 12.8 Å². The molecule has 2 amide bonds. The van der Waals surface area contributed by atoms with Gasteiger partial charge in [0.1, 0.15) is 5.75 Å². The van der Waals surface area contributed by atoms with Crippen molar-refractivity contribution in [3.05, 3.63) is 45.9 Å². The van der Waals surface area contributed by atoms with E-state index in [1.807, 2.05) is 36.1 Å². The standard InChI is InChI=1S/C25H35N3O3S/c1-4-5-16-28-23(29)14-13-20(24(28)19-10-6-7-11-21(19)31-3)25(30)26-15-9-8-12-22-27-18(2)17-32-22/h6-7,10-11,17,20,24H,4-5,8-9,12-16H2,1-3H3,(H,26,30). The summed E-state index contributed by atoms with van der Waals surface area (Å²) in [7, 11) is 1.64. The maximum atomic E-state index is 13.2. The molecule has 0 radical (unpaired) electrons. The maximum absolute atomic E-state index is 13.2. The van der Waals surface area contributed by atoms with Gasteiger partial charge in [0.2, 0.25) is 11.8 Å². The molecule has 1 aromatic heterocycles. The number of carbonyl (C=O) groups is 2. The highest BCUT2D eigenvalue weighted by atomic mass is 32.1. The van der Waals surface area contributed by atoms with Gasteiger partial charge in [-0.1, -0.05) is 31.5 Å². The fourth-order valence-electron chi connectivity index (χ4n) is 4.38. The number of piperidine rings is 1. The lowest BCUT2D eigenvalue weighted by atomic mass is 9.83. The van der Waals surface area contributed by atoms with Gasteiger partial charge in [-0.05, 0) is 45.1 Å². The third-order valence-corrected chi connectivity index (χ3v) is 7.06. The molecule has 174 valence electrons. The Morgan fingerprint density at radius 1 is 1.28 bits per heavy atom. The summed E-state index contributed by atoms with van der Waals surface area (Å²) in [5, 5.41) is 6.37. The summed E-state index contributed by atoms with van der Waals surface area (Å²) in [6.07, 6.45) is 5.75. The number of nitrogens with one attached hydrogen (secondary N) is 1. The van der Waals surface area contributed by atoms with Gasteiger partial charge in [0.05, 0.1) is 24.1 Å². The Hall–Kier alpha value is -2.41. The molecule has 0 bridgehead atoms. The van der Waals surface area contributed by atoms with Crippen molar-refractivity contribution in [2.75, 3.05) is 20.2 Å². The van der Waals surface area contributed by atoms with Crippen molar-refractivity contribution in [3.8, 4) is 5.75 Å². The van der Waals surface area contributed by atoms with Crippen molar-refractivity contribution in [1.29, 1.82) is 0 Å². The van der Waals surface area contributed by atoms with Crippen LogP contribution < -0.4 is 10.1 Å². The zero-order chi connectivity index (χ0) is 22.9. The summed E-state index contributed by atoms with van der Waals surface area (Å²) >= 11 is 1.70. The number of hydrogen-bond donors (Lipinski definition) is 1. The van der Waals surface area contributed by atoms with Crippen molar-refractivity contribution in [2.45, 2.75) is 64.8 Å². The molecule has 2 atom stereocenters. The first-order valence-corrected chi connectivity index (χ1v) is 12.5. The SMILES string of the molecule is CCCCN1C(=O)CCC(C(=O)NCCCCc2nc(C)cs2)C1c1ccccc1OC. The monoisotopic (exact) mass is 457 g/mol. The Kier molecular flexibility index (Phi) is 9.09. The Labute approximate surface area is 195 Å². The summed E-state index contributed by atoms with van der Waals surface area (Å²) < 4.78 is 5.60. The van der Waals surface area contributed by atoms with Gasteiger partial charge >= 0.3 is 0 Å². The highest BCUT2D eigenvalue weighted by Crippen LogP contribution is 2.40. The molecule has 32 heavy (non-hydrogen) atoms. The molecule has 7 heteroatoms. The molecule has 0 aliphatic carbocycles. The number of unbranched alkanes of at least 4 members (excludes halogenated alkanes) is 2. The molecule has 0 saturated carbocycles. The second kappa shape index (κ2) is 12.0. The molecule has 1 aromatic carbocycles. The Balaban J connectivity index is 1.67. The number of ether oxygens (including phenoxy) is 1. The molecule has 2 unspecified atom stereocenters. The number of aryl methyl sites for hydroxylation is 2. The second-order valence-corrected chi connectivity index (χ2v) is 9.35. The number of benzene rings is 1. The molecule has 1 saturated heterocycles. The van der Waals surface area contributed by atoms with Crippen LogP contribution in [0.5, 0.6) is 5.75 Å². The first-order valence-electron chi connectivity index (χ1n) is 11.7. The van der Waals surface area contributed by atoms with Gasteiger partial charge in [0.25, 0.3) is 0 Å². The van der Waals surface area contributed by atoms with Gasteiger partial charge in [0.15, 0.2) is 0 Å². The number of para-hydroxylation sites is 1. The number of hydrogen-bond acceptors (Lipinski definition) is 5. The summed E-state index contributed by atoms with van der Waals surface area (Å²) in [6.45, 7) is 5.43. The summed E-state index contributed by atoms with van der Waals surface area (Å²) in [5.74, 6) is 0.602. The van der Waals surface area contributed by atoms with Crippen LogP contribution >= 0.6 is 11.3 Å². The molecule has 2 aromatic rings. The number of rotatable bonds is 11. The number of thiazole rings is 1. The number of amides is 2. The minimum atomic E-state index is -0.294. The van der Waals surface area contributed by atoms with E-state index in [2.05, 4.69) is 22.6 Å². The summed E-state index contributed by atoms with van der Waals surface area (Å²) in [6, 6.07) is 7.46. The fourth-order valence-corrected chi connectivity index (χ4v) is 5.19. The lowest BCUT2D eigenvalue weighted by Crippen LogP contribution is -2.48. The van der Waals surface area contributed by atoms with E-state index in [1.54, 1.807) is 18.4 Å². The Bertz CT molecular complexity index is 898. The third kappa shape index (κ3) is 6.09. The van der Waals surface area contributed by atoms with E-state index in [-0.39, 0.29) is 23.8 Å². The zero-order valence-electron chi connectivity index (χ0n) is 19.4. The van der Waals surface area contributed by atoms with E-state index in [9.17, 15) is 9.59 Å². The molecule has 0 spiro atoms. The van der Waals surface area contributed by atoms with Crippen LogP contribution in [0.2, 0.25) is 0 Å². The van der Waals surface area contributed by atoms with Crippen molar-refractivity contribution in [3.63, 3.8) is 0 Å². The molecular formula is C25H35N3O3S. The highest BCUT2D eigenvalue weighted by molar-refractivity contribution is 7.09.